The van der Waals surface area contributed by atoms with E-state index in [9.17, 15) is 18.0 Å². The van der Waals surface area contributed by atoms with Crippen LogP contribution < -0.4 is 15.4 Å². The molecule has 3 rings (SSSR count). The minimum absolute atomic E-state index is 0.231. The van der Waals surface area contributed by atoms with Gasteiger partial charge >= 0.3 is 0 Å². The lowest BCUT2D eigenvalue weighted by atomic mass is 10.2. The third kappa shape index (κ3) is 4.17. The predicted molar refractivity (Wildman–Crippen MR) is 94.8 cm³/mol. The molecule has 3 aromatic rings. The number of hydrogen-bond acceptors (Lipinski definition) is 4. The number of rotatable bonds is 5. The van der Waals surface area contributed by atoms with Crippen LogP contribution in [0, 0.1) is 17.5 Å². The quantitative estimate of drug-likeness (QED) is 0.647. The van der Waals surface area contributed by atoms with Gasteiger partial charge in [0.25, 0.3) is 5.91 Å². The minimum Gasteiger partial charge on any atom is -0.497 e. The van der Waals surface area contributed by atoms with E-state index in [1.54, 1.807) is 24.3 Å². The molecule has 0 saturated heterocycles. The molecule has 0 atom stereocenters. The van der Waals surface area contributed by atoms with Gasteiger partial charge in [-0.1, -0.05) is 0 Å². The Balaban J connectivity index is 1.68. The number of methoxy groups -OCH3 is 1. The maximum absolute atomic E-state index is 13.7. The zero-order valence-corrected chi connectivity index (χ0v) is 14.1. The number of halogens is 3. The van der Waals surface area contributed by atoms with Crippen LogP contribution in [0.4, 0.5) is 30.4 Å². The van der Waals surface area contributed by atoms with Gasteiger partial charge in [0, 0.05) is 5.56 Å². The molecule has 1 aromatic heterocycles. The number of nitrogens with zero attached hydrogens (tertiary/aromatic N) is 1. The SMILES string of the molecule is COc1ccc(C(=O)Nc2ccc(Nc3ccc(F)c(F)c3F)cn2)cc1. The molecule has 1 amide bonds. The Morgan fingerprint density at radius 3 is 2.33 bits per heavy atom. The summed E-state index contributed by atoms with van der Waals surface area (Å²) in [6.45, 7) is 0. The fourth-order valence-electron chi connectivity index (χ4n) is 2.25. The van der Waals surface area contributed by atoms with Crippen LogP contribution in [0.1, 0.15) is 10.4 Å². The van der Waals surface area contributed by atoms with Crippen molar-refractivity contribution in [3.8, 4) is 5.75 Å². The molecule has 138 valence electrons. The van der Waals surface area contributed by atoms with Crippen molar-refractivity contribution in [1.82, 2.24) is 4.98 Å². The van der Waals surface area contributed by atoms with Gasteiger partial charge in [0.05, 0.1) is 24.7 Å². The van der Waals surface area contributed by atoms with Crippen molar-refractivity contribution < 1.29 is 22.7 Å². The highest BCUT2D eigenvalue weighted by molar-refractivity contribution is 6.03. The molecular formula is C19H14F3N3O2. The normalized spacial score (nSPS) is 10.4. The Labute approximate surface area is 152 Å². The van der Waals surface area contributed by atoms with Crippen LogP contribution in [0.3, 0.4) is 0 Å². The number of amides is 1. The largest absolute Gasteiger partial charge is 0.497 e. The first-order chi connectivity index (χ1) is 13.0. The fraction of sp³-hybridized carbons (Fsp3) is 0.0526. The summed E-state index contributed by atoms with van der Waals surface area (Å²) in [5.74, 6) is -3.62. The first-order valence-corrected chi connectivity index (χ1v) is 7.80. The van der Waals surface area contributed by atoms with Crippen molar-refractivity contribution in [3.63, 3.8) is 0 Å². The Hall–Kier alpha value is -3.55. The number of nitrogens with one attached hydrogen (secondary N) is 2. The second kappa shape index (κ2) is 7.77. The molecule has 0 aliphatic rings. The van der Waals surface area contributed by atoms with Crippen molar-refractivity contribution in [2.75, 3.05) is 17.7 Å². The van der Waals surface area contributed by atoms with Gasteiger partial charge in [-0.25, -0.2) is 18.2 Å². The van der Waals surface area contributed by atoms with E-state index in [2.05, 4.69) is 15.6 Å². The van der Waals surface area contributed by atoms with Crippen molar-refractivity contribution in [1.29, 1.82) is 0 Å². The van der Waals surface area contributed by atoms with Crippen molar-refractivity contribution in [2.24, 2.45) is 0 Å². The van der Waals surface area contributed by atoms with E-state index in [1.807, 2.05) is 0 Å². The highest BCUT2D eigenvalue weighted by Crippen LogP contribution is 2.23. The van der Waals surface area contributed by atoms with E-state index in [0.29, 0.717) is 17.0 Å². The first-order valence-electron chi connectivity index (χ1n) is 7.80. The number of aromatic nitrogens is 1. The van der Waals surface area contributed by atoms with Crippen LogP contribution in [0.2, 0.25) is 0 Å². The van der Waals surface area contributed by atoms with E-state index in [4.69, 9.17) is 4.74 Å². The van der Waals surface area contributed by atoms with Gasteiger partial charge in [-0.05, 0) is 48.5 Å². The summed E-state index contributed by atoms with van der Waals surface area (Å²) in [6, 6.07) is 11.4. The van der Waals surface area contributed by atoms with Crippen LogP contribution in [-0.2, 0) is 0 Å². The standard InChI is InChI=1S/C19H14F3N3O2/c1-27-13-5-2-11(3-6-13)19(26)25-16-9-4-12(10-23-16)24-15-8-7-14(20)17(21)18(15)22/h2-10,24H,1H3,(H,23,25,26). The molecule has 0 saturated carbocycles. The van der Waals surface area contributed by atoms with Crippen LogP contribution >= 0.6 is 0 Å². The zero-order valence-electron chi connectivity index (χ0n) is 14.1. The van der Waals surface area contributed by atoms with Gasteiger partial charge < -0.3 is 15.4 Å². The average molecular weight is 373 g/mol. The van der Waals surface area contributed by atoms with Crippen LogP contribution in [0.15, 0.2) is 54.7 Å². The third-order valence-electron chi connectivity index (χ3n) is 3.67. The monoisotopic (exact) mass is 373 g/mol. The molecule has 0 aliphatic heterocycles. The smallest absolute Gasteiger partial charge is 0.256 e. The molecule has 0 unspecified atom stereocenters. The molecule has 0 fully saturated rings. The van der Waals surface area contributed by atoms with E-state index < -0.39 is 17.5 Å². The molecular weight excluding hydrogens is 359 g/mol. The summed E-state index contributed by atoms with van der Waals surface area (Å²) in [7, 11) is 1.53. The lowest BCUT2D eigenvalue weighted by Crippen LogP contribution is -2.12. The van der Waals surface area contributed by atoms with Gasteiger partial charge in [0.2, 0.25) is 0 Å². The molecule has 1 heterocycles. The van der Waals surface area contributed by atoms with E-state index in [1.165, 1.54) is 25.4 Å². The molecule has 5 nitrogen and oxygen atoms in total. The van der Waals surface area contributed by atoms with Gasteiger partial charge in [0.15, 0.2) is 17.5 Å². The van der Waals surface area contributed by atoms with Crippen LogP contribution in [0.5, 0.6) is 5.75 Å². The van der Waals surface area contributed by atoms with E-state index in [0.717, 1.165) is 12.1 Å². The average Bonchev–Trinajstić information content (AvgIpc) is 2.70. The molecule has 0 bridgehead atoms. The lowest BCUT2D eigenvalue weighted by Gasteiger charge is -2.09. The van der Waals surface area contributed by atoms with Crippen LogP contribution in [0.25, 0.3) is 0 Å². The maximum Gasteiger partial charge on any atom is 0.256 e. The zero-order chi connectivity index (χ0) is 19.4. The van der Waals surface area contributed by atoms with E-state index >= 15 is 0 Å². The lowest BCUT2D eigenvalue weighted by molar-refractivity contribution is 0.102. The summed E-state index contributed by atoms with van der Waals surface area (Å²) < 4.78 is 44.9. The molecule has 2 N–H and O–H groups in total. The predicted octanol–water partition coefficient (Wildman–Crippen LogP) is 4.50. The number of pyridine rings is 1. The Morgan fingerprint density at radius 2 is 1.70 bits per heavy atom. The Morgan fingerprint density at radius 1 is 0.963 bits per heavy atom. The Bertz CT molecular complexity index is 961. The molecule has 0 aliphatic carbocycles. The van der Waals surface area contributed by atoms with Gasteiger partial charge in [-0.3, -0.25) is 4.79 Å². The third-order valence-corrected chi connectivity index (χ3v) is 3.67. The number of benzene rings is 2. The summed E-state index contributed by atoms with van der Waals surface area (Å²) in [5.41, 5.74) is 0.525. The van der Waals surface area contributed by atoms with Crippen molar-refractivity contribution in [2.45, 2.75) is 0 Å². The Kier molecular flexibility index (Phi) is 5.25. The molecule has 0 spiro atoms. The number of hydrogen-bond donors (Lipinski definition) is 2. The molecule has 2 aromatic carbocycles. The highest BCUT2D eigenvalue weighted by atomic mass is 19.2. The highest BCUT2D eigenvalue weighted by Gasteiger charge is 2.13. The minimum atomic E-state index is -1.56. The first kappa shape index (κ1) is 18.2. The summed E-state index contributed by atoms with van der Waals surface area (Å²) in [4.78, 5) is 16.2. The second-order valence-electron chi connectivity index (χ2n) is 5.46. The summed E-state index contributed by atoms with van der Waals surface area (Å²) >= 11 is 0. The van der Waals surface area contributed by atoms with Gasteiger partial charge in [-0.15, -0.1) is 0 Å². The number of carbonyl (C=O) groups excluding carboxylic acids is 1. The van der Waals surface area contributed by atoms with Crippen molar-refractivity contribution >= 4 is 23.1 Å². The fourth-order valence-corrected chi connectivity index (χ4v) is 2.25. The van der Waals surface area contributed by atoms with Crippen molar-refractivity contribution in [3.05, 3.63) is 77.7 Å². The number of ether oxygens (including phenoxy) is 1. The summed E-state index contributed by atoms with van der Waals surface area (Å²) in [6.07, 6.45) is 1.32. The number of carbonyl (C=O) groups is 1. The van der Waals surface area contributed by atoms with Gasteiger partial charge in [-0.2, -0.15) is 0 Å². The maximum atomic E-state index is 13.7. The topological polar surface area (TPSA) is 63.2 Å². The second-order valence-corrected chi connectivity index (χ2v) is 5.46. The van der Waals surface area contributed by atoms with Crippen LogP contribution in [-0.4, -0.2) is 18.0 Å². The van der Waals surface area contributed by atoms with Gasteiger partial charge in [0.1, 0.15) is 11.6 Å². The van der Waals surface area contributed by atoms with E-state index in [-0.39, 0.29) is 17.4 Å². The summed E-state index contributed by atoms with van der Waals surface area (Å²) in [5, 5.41) is 5.21. The molecule has 27 heavy (non-hydrogen) atoms. The molecule has 8 heteroatoms. The number of anilines is 3. The molecule has 0 radical (unpaired) electrons.